The molecule has 1 spiro atoms. The molecule has 1 unspecified atom stereocenters. The van der Waals surface area contributed by atoms with Crippen LogP contribution < -0.4 is 9.80 Å². The molecule has 6 heteroatoms. The molecule has 2 aliphatic heterocycles. The first kappa shape index (κ1) is 33.7. The van der Waals surface area contributed by atoms with E-state index in [1.165, 1.54) is 60.8 Å². The van der Waals surface area contributed by atoms with Gasteiger partial charge in [-0.25, -0.2) is 0 Å². The first-order valence-electron chi connectivity index (χ1n) is 18.7. The molecule has 268 valence electrons. The van der Waals surface area contributed by atoms with Crippen molar-refractivity contribution in [3.05, 3.63) is 192 Å². The summed E-state index contributed by atoms with van der Waals surface area (Å²) in [5, 5.41) is 4.50. The molecule has 5 aromatic carbocycles. The van der Waals surface area contributed by atoms with Crippen LogP contribution in [0.25, 0.3) is 6.08 Å². The molecule has 0 amide bonds. The van der Waals surface area contributed by atoms with Gasteiger partial charge in [0.15, 0.2) is 11.6 Å². The Morgan fingerprint density at radius 1 is 0.527 bits per heavy atom. The van der Waals surface area contributed by atoms with Crippen molar-refractivity contribution in [1.29, 1.82) is 0 Å². The number of aryl methyl sites for hydroxylation is 6. The van der Waals surface area contributed by atoms with Crippen LogP contribution in [0.2, 0.25) is 0 Å². The number of rotatable bonds is 3. The van der Waals surface area contributed by atoms with E-state index in [-0.39, 0.29) is 17.1 Å². The van der Waals surface area contributed by atoms with Gasteiger partial charge in [0.2, 0.25) is 0 Å². The number of thiophene rings is 2. The van der Waals surface area contributed by atoms with E-state index in [0.717, 1.165) is 32.5 Å². The zero-order valence-electron chi connectivity index (χ0n) is 31.6. The summed E-state index contributed by atoms with van der Waals surface area (Å²) in [7, 11) is 0. The van der Waals surface area contributed by atoms with Crippen molar-refractivity contribution in [2.75, 3.05) is 9.80 Å². The quantitative estimate of drug-likeness (QED) is 0.133. The molecular formula is C49H38N2O2S2. The van der Waals surface area contributed by atoms with Crippen molar-refractivity contribution in [2.45, 2.75) is 47.0 Å². The topological polar surface area (TPSA) is 40.6 Å². The van der Waals surface area contributed by atoms with E-state index in [1.807, 2.05) is 18.2 Å². The van der Waals surface area contributed by atoms with Crippen LogP contribution in [0.5, 0.6) is 0 Å². The molecule has 0 bridgehead atoms. The van der Waals surface area contributed by atoms with Gasteiger partial charge in [0.1, 0.15) is 10.0 Å². The fourth-order valence-electron chi connectivity index (χ4n) is 9.77. The molecule has 2 aromatic heterocycles. The van der Waals surface area contributed by atoms with Gasteiger partial charge >= 0.3 is 0 Å². The second-order valence-electron chi connectivity index (χ2n) is 15.2. The molecule has 1 atom stereocenters. The molecule has 10 rings (SSSR count). The number of fused-ring (bicyclic) bond motifs is 9. The standard InChI is InChI=1S/C49H38N2O2S2/c1-27-21-29(3)43(30(4)22-27)50-41-17-11-9-15-37(41)49(39-19-20-54-47(39)50)38-16-10-12-18-42(38)51(44-31(5)23-28(2)24-32(44)6)48-40(49)26-33(55-48)25-36-45(52)34-13-7-8-14-35(34)46(36)53/h7-26H,1-6H3. The highest BCUT2D eigenvalue weighted by Gasteiger charge is 2.53. The number of carbonyl (C=O) groups excluding carboxylic acids is 2. The van der Waals surface area contributed by atoms with Crippen LogP contribution in [-0.2, 0) is 5.41 Å². The van der Waals surface area contributed by atoms with E-state index < -0.39 is 5.41 Å². The van der Waals surface area contributed by atoms with Gasteiger partial charge in [-0.05, 0) is 111 Å². The lowest BCUT2D eigenvalue weighted by Gasteiger charge is -2.49. The Bertz CT molecular complexity index is 2760. The highest BCUT2D eigenvalue weighted by Crippen LogP contribution is 2.67. The lowest BCUT2D eigenvalue weighted by atomic mass is 9.62. The normalized spacial score (nSPS) is 16.6. The Kier molecular flexibility index (Phi) is 7.41. The fourth-order valence-corrected chi connectivity index (χ4v) is 11.9. The Morgan fingerprint density at radius 3 is 1.53 bits per heavy atom. The molecule has 7 aromatic rings. The molecule has 4 heterocycles. The molecular weight excluding hydrogens is 713 g/mol. The largest absolute Gasteiger partial charge is 0.301 e. The maximum absolute atomic E-state index is 13.8. The minimum Gasteiger partial charge on any atom is -0.301 e. The van der Waals surface area contributed by atoms with Crippen molar-refractivity contribution < 1.29 is 9.59 Å². The van der Waals surface area contributed by atoms with Gasteiger partial charge in [-0.3, -0.25) is 9.59 Å². The first-order valence-corrected chi connectivity index (χ1v) is 20.4. The van der Waals surface area contributed by atoms with E-state index >= 15 is 0 Å². The van der Waals surface area contributed by atoms with E-state index in [9.17, 15) is 9.59 Å². The summed E-state index contributed by atoms with van der Waals surface area (Å²) < 4.78 is 0. The number of para-hydroxylation sites is 2. The molecule has 0 fully saturated rings. The number of anilines is 6. The Hall–Kier alpha value is -5.82. The van der Waals surface area contributed by atoms with Gasteiger partial charge in [0.05, 0.1) is 33.7 Å². The SMILES string of the molecule is Cc1cc(C)c(N2c3ccccc3C3(c4ccccc4N(c4c(C)cc(C)cc4C)c4sc(C=C5C(=O)c6ccccc6C5=O)cc43)c3ccsc32)c(C)c1. The van der Waals surface area contributed by atoms with Gasteiger partial charge < -0.3 is 9.80 Å². The molecule has 0 saturated carbocycles. The van der Waals surface area contributed by atoms with Gasteiger partial charge in [-0.15, -0.1) is 22.7 Å². The summed E-state index contributed by atoms with van der Waals surface area (Å²) in [6.07, 6.45) is 1.84. The van der Waals surface area contributed by atoms with Gasteiger partial charge in [0.25, 0.3) is 0 Å². The number of hydrogen-bond donors (Lipinski definition) is 0. The summed E-state index contributed by atoms with van der Waals surface area (Å²) in [6.45, 7) is 13.1. The number of hydrogen-bond acceptors (Lipinski definition) is 6. The predicted molar refractivity (Wildman–Crippen MR) is 228 cm³/mol. The molecule has 4 nitrogen and oxygen atoms in total. The minimum atomic E-state index is -0.691. The van der Waals surface area contributed by atoms with Crippen LogP contribution in [-0.4, -0.2) is 11.6 Å². The third kappa shape index (κ3) is 4.62. The fraction of sp³-hybridized carbons (Fsp3) is 0.143. The van der Waals surface area contributed by atoms with Gasteiger partial charge in [-0.2, -0.15) is 0 Å². The van der Waals surface area contributed by atoms with Crippen LogP contribution in [0.1, 0.15) is 81.2 Å². The highest BCUT2D eigenvalue weighted by molar-refractivity contribution is 7.17. The van der Waals surface area contributed by atoms with E-state index in [1.54, 1.807) is 34.8 Å². The molecule has 0 radical (unpaired) electrons. The number of benzene rings is 5. The second kappa shape index (κ2) is 12.1. The average Bonchev–Trinajstić information content (AvgIpc) is 3.88. The maximum atomic E-state index is 13.8. The van der Waals surface area contributed by atoms with Crippen LogP contribution in [0.15, 0.2) is 120 Å². The van der Waals surface area contributed by atoms with Crippen LogP contribution in [0.3, 0.4) is 0 Å². The second-order valence-corrected chi connectivity index (χ2v) is 17.2. The molecule has 55 heavy (non-hydrogen) atoms. The molecule has 3 aliphatic rings. The van der Waals surface area contributed by atoms with Crippen molar-refractivity contribution in [3.63, 3.8) is 0 Å². The van der Waals surface area contributed by atoms with E-state index in [2.05, 4.69) is 142 Å². The number of allylic oxidation sites excluding steroid dienone is 1. The van der Waals surface area contributed by atoms with Crippen molar-refractivity contribution in [2.24, 2.45) is 0 Å². The average molecular weight is 751 g/mol. The van der Waals surface area contributed by atoms with Crippen LogP contribution in [0.4, 0.5) is 32.8 Å². The Morgan fingerprint density at radius 2 is 1.00 bits per heavy atom. The summed E-state index contributed by atoms with van der Waals surface area (Å²) in [4.78, 5) is 33.3. The molecule has 0 saturated heterocycles. The van der Waals surface area contributed by atoms with E-state index in [4.69, 9.17) is 0 Å². The predicted octanol–water partition coefficient (Wildman–Crippen LogP) is 13.1. The summed E-state index contributed by atoms with van der Waals surface area (Å²) in [5.41, 5.74) is 17.2. The van der Waals surface area contributed by atoms with Crippen molar-refractivity contribution in [1.82, 2.24) is 0 Å². The van der Waals surface area contributed by atoms with Crippen molar-refractivity contribution >= 4 is 73.1 Å². The molecule has 0 N–H and O–H groups in total. The minimum absolute atomic E-state index is 0.213. The number of carbonyl (C=O) groups is 2. The summed E-state index contributed by atoms with van der Waals surface area (Å²) >= 11 is 3.43. The zero-order chi connectivity index (χ0) is 37.9. The monoisotopic (exact) mass is 750 g/mol. The van der Waals surface area contributed by atoms with Gasteiger partial charge in [0, 0.05) is 27.1 Å². The lowest BCUT2D eigenvalue weighted by molar-refractivity contribution is 0.0990. The number of ketones is 2. The number of nitrogens with zero attached hydrogens (tertiary/aromatic N) is 2. The van der Waals surface area contributed by atoms with E-state index in [0.29, 0.717) is 11.1 Å². The van der Waals surface area contributed by atoms with Crippen molar-refractivity contribution in [3.8, 4) is 0 Å². The zero-order valence-corrected chi connectivity index (χ0v) is 33.2. The molecule has 1 aliphatic carbocycles. The Labute approximate surface area is 329 Å². The third-order valence-electron chi connectivity index (χ3n) is 11.6. The Balaban J connectivity index is 1.31. The van der Waals surface area contributed by atoms with Gasteiger partial charge in [-0.1, -0.05) is 96.1 Å². The first-order chi connectivity index (χ1) is 26.6. The lowest BCUT2D eigenvalue weighted by Crippen LogP contribution is -2.41. The van der Waals surface area contributed by atoms with Crippen LogP contribution in [0, 0.1) is 41.5 Å². The maximum Gasteiger partial charge on any atom is 0.197 e. The summed E-state index contributed by atoms with van der Waals surface area (Å²) in [5.74, 6) is -0.427. The smallest absolute Gasteiger partial charge is 0.197 e. The highest BCUT2D eigenvalue weighted by atomic mass is 32.1. The summed E-state index contributed by atoms with van der Waals surface area (Å²) in [6, 6.07) is 38.6. The third-order valence-corrected chi connectivity index (χ3v) is 13.6. The van der Waals surface area contributed by atoms with Crippen LogP contribution >= 0.6 is 22.7 Å². The number of Topliss-reactive ketones (excluding diaryl/α,β-unsaturated/α-hetero) is 2.